The molecule has 0 unspecified atom stereocenters. The van der Waals surface area contributed by atoms with Gasteiger partial charge in [0.2, 0.25) is 0 Å². The van der Waals surface area contributed by atoms with Gasteiger partial charge in [-0.05, 0) is 36.6 Å². The number of carbonyl (C=O) groups excluding carboxylic acids is 1. The number of carbonyl (C=O) groups is 1. The quantitative estimate of drug-likeness (QED) is 0.848. The molecule has 0 fully saturated rings. The smallest absolute Gasteiger partial charge is 0.258 e. The van der Waals surface area contributed by atoms with E-state index in [1.165, 1.54) is 6.20 Å². The van der Waals surface area contributed by atoms with E-state index >= 15 is 0 Å². The second-order valence-corrected chi connectivity index (χ2v) is 5.70. The van der Waals surface area contributed by atoms with Crippen LogP contribution >= 0.6 is 23.2 Å². The van der Waals surface area contributed by atoms with Crippen LogP contribution in [0.2, 0.25) is 10.3 Å². The van der Waals surface area contributed by atoms with Crippen LogP contribution in [0.25, 0.3) is 0 Å². The number of nitrogens with one attached hydrogen (secondary N) is 1. The minimum absolute atomic E-state index is 0.149. The summed E-state index contributed by atoms with van der Waals surface area (Å²) < 4.78 is 0. The van der Waals surface area contributed by atoms with Gasteiger partial charge in [-0.15, -0.1) is 0 Å². The Morgan fingerprint density at radius 3 is 2.57 bits per heavy atom. The zero-order valence-electron chi connectivity index (χ0n) is 11.9. The van der Waals surface area contributed by atoms with E-state index in [1.54, 1.807) is 12.1 Å². The normalized spacial score (nSPS) is 10.8. The lowest BCUT2D eigenvalue weighted by molar-refractivity contribution is 0.102. The van der Waals surface area contributed by atoms with E-state index in [9.17, 15) is 4.79 Å². The van der Waals surface area contributed by atoms with E-state index in [-0.39, 0.29) is 22.1 Å². The third-order valence-electron chi connectivity index (χ3n) is 3.03. The maximum atomic E-state index is 12.2. The van der Waals surface area contributed by atoms with Gasteiger partial charge in [0.05, 0.1) is 11.3 Å². The Hall–Kier alpha value is -1.65. The second-order valence-electron chi connectivity index (χ2n) is 4.98. The Bertz CT molecular complexity index is 663. The van der Waals surface area contributed by atoms with Crippen molar-refractivity contribution in [2.45, 2.75) is 26.7 Å². The zero-order valence-corrected chi connectivity index (χ0v) is 13.5. The highest BCUT2D eigenvalue weighted by molar-refractivity contribution is 6.34. The summed E-state index contributed by atoms with van der Waals surface area (Å²) in [5.41, 5.74) is 2.52. The molecule has 21 heavy (non-hydrogen) atoms. The molecule has 0 aliphatic heterocycles. The van der Waals surface area contributed by atoms with Crippen molar-refractivity contribution >= 4 is 34.8 Å². The molecule has 0 spiro atoms. The maximum absolute atomic E-state index is 12.2. The van der Waals surface area contributed by atoms with E-state index in [0.29, 0.717) is 11.3 Å². The summed E-state index contributed by atoms with van der Waals surface area (Å²) in [7, 11) is 0. The summed E-state index contributed by atoms with van der Waals surface area (Å²) in [6.45, 7) is 5.94. The molecule has 0 bridgehead atoms. The molecule has 2 aromatic rings. The molecule has 0 atom stereocenters. The van der Waals surface area contributed by atoms with Gasteiger partial charge in [0, 0.05) is 11.9 Å². The Balaban J connectivity index is 2.32. The predicted molar refractivity (Wildman–Crippen MR) is 85.3 cm³/mol. The first-order chi connectivity index (χ1) is 9.90. The molecule has 0 saturated heterocycles. The first-order valence-corrected chi connectivity index (χ1v) is 7.24. The van der Waals surface area contributed by atoms with Crippen molar-refractivity contribution in [1.82, 2.24) is 9.97 Å². The fourth-order valence-electron chi connectivity index (χ4n) is 1.84. The van der Waals surface area contributed by atoms with Crippen molar-refractivity contribution in [2.24, 2.45) is 0 Å². The Morgan fingerprint density at radius 2 is 2.00 bits per heavy atom. The summed E-state index contributed by atoms with van der Waals surface area (Å²) in [4.78, 5) is 20.4. The van der Waals surface area contributed by atoms with E-state index in [2.05, 4.69) is 15.3 Å². The summed E-state index contributed by atoms with van der Waals surface area (Å²) in [6.07, 6.45) is 1.52. The van der Waals surface area contributed by atoms with E-state index in [0.717, 1.165) is 11.3 Å². The standard InChI is InChI=1S/C15H15Cl2N3O/c1-8(2)11-7-9(3)12(14(17)19-11)20-15(21)10-5-4-6-18-13(10)16/h4-8H,1-3H3,(H,20,21). The highest BCUT2D eigenvalue weighted by Crippen LogP contribution is 2.28. The number of halogens is 2. The second kappa shape index (κ2) is 6.41. The lowest BCUT2D eigenvalue weighted by atomic mass is 10.1. The monoisotopic (exact) mass is 323 g/mol. The molecule has 0 radical (unpaired) electrons. The number of hydrogen-bond acceptors (Lipinski definition) is 3. The summed E-state index contributed by atoms with van der Waals surface area (Å²) in [6, 6.07) is 5.16. The van der Waals surface area contributed by atoms with Crippen LogP contribution in [-0.4, -0.2) is 15.9 Å². The van der Waals surface area contributed by atoms with Crippen molar-refractivity contribution in [2.75, 3.05) is 5.32 Å². The van der Waals surface area contributed by atoms with Crippen LogP contribution in [0.1, 0.15) is 41.4 Å². The molecule has 110 valence electrons. The number of nitrogens with zero attached hydrogens (tertiary/aromatic N) is 2. The number of aromatic nitrogens is 2. The molecule has 0 aliphatic rings. The third kappa shape index (κ3) is 3.52. The molecule has 2 rings (SSSR count). The Morgan fingerprint density at radius 1 is 1.29 bits per heavy atom. The Kier molecular flexibility index (Phi) is 4.80. The first kappa shape index (κ1) is 15.7. The minimum Gasteiger partial charge on any atom is -0.319 e. The van der Waals surface area contributed by atoms with Gasteiger partial charge in [-0.2, -0.15) is 0 Å². The van der Waals surface area contributed by atoms with Gasteiger partial charge in [-0.25, -0.2) is 9.97 Å². The van der Waals surface area contributed by atoms with Crippen molar-refractivity contribution < 1.29 is 4.79 Å². The largest absolute Gasteiger partial charge is 0.319 e. The van der Waals surface area contributed by atoms with Crippen LogP contribution in [0.5, 0.6) is 0 Å². The fraction of sp³-hybridized carbons (Fsp3) is 0.267. The molecule has 2 aromatic heterocycles. The van der Waals surface area contributed by atoms with Crippen LogP contribution in [0.4, 0.5) is 5.69 Å². The zero-order chi connectivity index (χ0) is 15.6. The average molecular weight is 324 g/mol. The number of pyridine rings is 2. The SMILES string of the molecule is Cc1cc(C(C)C)nc(Cl)c1NC(=O)c1cccnc1Cl. The lowest BCUT2D eigenvalue weighted by Gasteiger charge is -2.13. The van der Waals surface area contributed by atoms with E-state index < -0.39 is 0 Å². The number of rotatable bonds is 3. The number of anilines is 1. The van der Waals surface area contributed by atoms with Crippen molar-refractivity contribution in [3.8, 4) is 0 Å². The van der Waals surface area contributed by atoms with Crippen LogP contribution in [0.3, 0.4) is 0 Å². The van der Waals surface area contributed by atoms with Gasteiger partial charge >= 0.3 is 0 Å². The van der Waals surface area contributed by atoms with Crippen molar-refractivity contribution in [3.63, 3.8) is 0 Å². The number of aryl methyl sites for hydroxylation is 1. The Labute approximate surface area is 133 Å². The van der Waals surface area contributed by atoms with Gasteiger partial charge in [0.15, 0.2) is 5.15 Å². The molecular weight excluding hydrogens is 309 g/mol. The van der Waals surface area contributed by atoms with Gasteiger partial charge in [-0.3, -0.25) is 4.79 Å². The molecular formula is C15H15Cl2N3O. The van der Waals surface area contributed by atoms with Crippen LogP contribution in [0, 0.1) is 6.92 Å². The maximum Gasteiger partial charge on any atom is 0.258 e. The molecule has 2 heterocycles. The van der Waals surface area contributed by atoms with Crippen LogP contribution in [0.15, 0.2) is 24.4 Å². The topological polar surface area (TPSA) is 54.9 Å². The minimum atomic E-state index is -0.364. The summed E-state index contributed by atoms with van der Waals surface area (Å²) >= 11 is 12.1. The van der Waals surface area contributed by atoms with E-state index in [1.807, 2.05) is 26.8 Å². The van der Waals surface area contributed by atoms with Gasteiger partial charge in [-0.1, -0.05) is 37.0 Å². The predicted octanol–water partition coefficient (Wildman–Crippen LogP) is 4.47. The highest BCUT2D eigenvalue weighted by Gasteiger charge is 2.16. The van der Waals surface area contributed by atoms with Gasteiger partial charge in [0.25, 0.3) is 5.91 Å². The van der Waals surface area contributed by atoms with Gasteiger partial charge in [0.1, 0.15) is 5.15 Å². The van der Waals surface area contributed by atoms with Crippen molar-refractivity contribution in [3.05, 3.63) is 51.5 Å². The van der Waals surface area contributed by atoms with Crippen LogP contribution < -0.4 is 5.32 Å². The molecule has 6 heteroatoms. The van der Waals surface area contributed by atoms with E-state index in [4.69, 9.17) is 23.2 Å². The summed E-state index contributed by atoms with van der Waals surface area (Å²) in [5.74, 6) is -0.101. The van der Waals surface area contributed by atoms with Crippen molar-refractivity contribution in [1.29, 1.82) is 0 Å². The lowest BCUT2D eigenvalue weighted by Crippen LogP contribution is -2.15. The first-order valence-electron chi connectivity index (χ1n) is 6.49. The molecule has 1 N–H and O–H groups in total. The molecule has 0 saturated carbocycles. The average Bonchev–Trinajstić information content (AvgIpc) is 2.42. The third-order valence-corrected chi connectivity index (χ3v) is 3.60. The molecule has 0 aliphatic carbocycles. The summed E-state index contributed by atoms with van der Waals surface area (Å²) in [5, 5.41) is 3.16. The number of amides is 1. The van der Waals surface area contributed by atoms with Gasteiger partial charge < -0.3 is 5.32 Å². The molecule has 0 aromatic carbocycles. The molecule has 1 amide bonds. The number of hydrogen-bond donors (Lipinski definition) is 1. The fourth-order valence-corrected chi connectivity index (χ4v) is 2.34. The molecule has 4 nitrogen and oxygen atoms in total. The van der Waals surface area contributed by atoms with Crippen LogP contribution in [-0.2, 0) is 0 Å². The highest BCUT2D eigenvalue weighted by atomic mass is 35.5.